The molecule has 1 saturated heterocycles. The fraction of sp³-hybridized carbons (Fsp3) is 0.684. The number of pyridine rings is 1. The minimum absolute atomic E-state index is 0.0946. The molecule has 3 rings (SSSR count). The molecule has 2 heterocycles. The van der Waals surface area contributed by atoms with Crippen molar-refractivity contribution in [2.45, 2.75) is 57.9 Å². The number of nitrogens with one attached hydrogen (secondary N) is 1. The molecular weight excluding hydrogens is 286 g/mol. The van der Waals surface area contributed by atoms with E-state index < -0.39 is 0 Å². The average Bonchev–Trinajstić information content (AvgIpc) is 3.32. The number of likely N-dealkylation sites (tertiary alicyclic amines) is 1. The van der Waals surface area contributed by atoms with Crippen molar-refractivity contribution in [2.24, 2.45) is 5.92 Å². The third kappa shape index (κ3) is 5.03. The van der Waals surface area contributed by atoms with Crippen molar-refractivity contribution in [2.75, 3.05) is 19.6 Å². The topological polar surface area (TPSA) is 45.2 Å². The quantitative estimate of drug-likeness (QED) is 0.907. The molecule has 0 radical (unpaired) electrons. The Labute approximate surface area is 139 Å². The lowest BCUT2D eigenvalue weighted by atomic mass is 10.1. The fourth-order valence-corrected chi connectivity index (χ4v) is 3.49. The molecule has 4 heteroatoms. The van der Waals surface area contributed by atoms with Crippen molar-refractivity contribution in [1.82, 2.24) is 15.2 Å². The standard InChI is InChI=1S/C19H29N3O/c1-15-8-7-9-17(20-15)19(16-10-11-16)21-18(23)14-22-12-5-3-2-4-6-13-22/h7-9,16,19H,2-6,10-14H2,1H3,(H,21,23)/t19-/m0/s1. The first kappa shape index (κ1) is 16.4. The first-order valence-corrected chi connectivity index (χ1v) is 9.17. The SMILES string of the molecule is Cc1cccc([C@@H](NC(=O)CN2CCCCCCC2)C2CC2)n1. The maximum absolute atomic E-state index is 12.5. The number of rotatable bonds is 5. The van der Waals surface area contributed by atoms with Crippen molar-refractivity contribution in [3.05, 3.63) is 29.6 Å². The highest BCUT2D eigenvalue weighted by molar-refractivity contribution is 5.78. The smallest absolute Gasteiger partial charge is 0.234 e. The molecule has 0 aromatic carbocycles. The van der Waals surface area contributed by atoms with Crippen LogP contribution in [0.1, 0.15) is 62.4 Å². The number of nitrogens with zero attached hydrogens (tertiary/aromatic N) is 2. The van der Waals surface area contributed by atoms with Crippen LogP contribution in [0.5, 0.6) is 0 Å². The Balaban J connectivity index is 1.58. The summed E-state index contributed by atoms with van der Waals surface area (Å²) in [5.41, 5.74) is 2.04. The molecule has 0 bridgehead atoms. The number of aryl methyl sites for hydroxylation is 1. The Hall–Kier alpha value is -1.42. The second kappa shape index (κ2) is 7.91. The van der Waals surface area contributed by atoms with Gasteiger partial charge in [-0.15, -0.1) is 0 Å². The summed E-state index contributed by atoms with van der Waals surface area (Å²) in [6.07, 6.45) is 8.79. The predicted octanol–water partition coefficient (Wildman–Crippen LogP) is 3.22. The Morgan fingerprint density at radius 2 is 1.91 bits per heavy atom. The number of hydrogen-bond donors (Lipinski definition) is 1. The number of amides is 1. The lowest BCUT2D eigenvalue weighted by Crippen LogP contribution is -2.40. The van der Waals surface area contributed by atoms with Gasteiger partial charge in [0.2, 0.25) is 5.91 Å². The van der Waals surface area contributed by atoms with E-state index >= 15 is 0 Å². The zero-order valence-corrected chi connectivity index (χ0v) is 14.3. The molecule has 1 aliphatic carbocycles. The predicted molar refractivity (Wildman–Crippen MR) is 92.1 cm³/mol. The largest absolute Gasteiger partial charge is 0.346 e. The van der Waals surface area contributed by atoms with Gasteiger partial charge in [-0.25, -0.2) is 0 Å². The van der Waals surface area contributed by atoms with E-state index in [4.69, 9.17) is 0 Å². The van der Waals surface area contributed by atoms with Gasteiger partial charge in [0.05, 0.1) is 18.3 Å². The van der Waals surface area contributed by atoms with Gasteiger partial charge in [0.25, 0.3) is 0 Å². The molecule has 1 aliphatic heterocycles. The van der Waals surface area contributed by atoms with Crippen LogP contribution in [0.15, 0.2) is 18.2 Å². The van der Waals surface area contributed by atoms with E-state index in [1.54, 1.807) is 0 Å². The van der Waals surface area contributed by atoms with E-state index in [-0.39, 0.29) is 11.9 Å². The molecule has 126 valence electrons. The number of carbonyl (C=O) groups is 1. The van der Waals surface area contributed by atoms with E-state index in [1.807, 2.05) is 25.1 Å². The molecule has 4 nitrogen and oxygen atoms in total. The third-order valence-corrected chi connectivity index (χ3v) is 4.95. The van der Waals surface area contributed by atoms with Crippen molar-refractivity contribution in [1.29, 1.82) is 0 Å². The van der Waals surface area contributed by atoms with Gasteiger partial charge in [-0.3, -0.25) is 14.7 Å². The highest BCUT2D eigenvalue weighted by Gasteiger charge is 2.34. The van der Waals surface area contributed by atoms with Gasteiger partial charge in [-0.05, 0) is 63.7 Å². The highest BCUT2D eigenvalue weighted by atomic mass is 16.2. The average molecular weight is 315 g/mol. The summed E-state index contributed by atoms with van der Waals surface area (Å²) in [5, 5.41) is 3.26. The van der Waals surface area contributed by atoms with Gasteiger partial charge in [-0.1, -0.05) is 25.3 Å². The number of aromatic nitrogens is 1. The van der Waals surface area contributed by atoms with Crippen molar-refractivity contribution in [3.63, 3.8) is 0 Å². The molecule has 0 spiro atoms. The second-order valence-corrected chi connectivity index (χ2v) is 7.13. The van der Waals surface area contributed by atoms with Gasteiger partial charge >= 0.3 is 0 Å². The molecule has 1 amide bonds. The Kier molecular flexibility index (Phi) is 5.65. The molecule has 1 aromatic rings. The van der Waals surface area contributed by atoms with Crippen LogP contribution in [0.25, 0.3) is 0 Å². The van der Waals surface area contributed by atoms with Gasteiger partial charge in [0.1, 0.15) is 0 Å². The molecule has 0 unspecified atom stereocenters. The van der Waals surface area contributed by atoms with Crippen LogP contribution in [0.3, 0.4) is 0 Å². The molecule has 2 fully saturated rings. The number of carbonyl (C=O) groups excluding carboxylic acids is 1. The van der Waals surface area contributed by atoms with E-state index in [2.05, 4.69) is 15.2 Å². The van der Waals surface area contributed by atoms with E-state index in [0.29, 0.717) is 12.5 Å². The van der Waals surface area contributed by atoms with Crippen LogP contribution in [-0.4, -0.2) is 35.4 Å². The normalized spacial score (nSPS) is 21.3. The second-order valence-electron chi connectivity index (χ2n) is 7.13. The molecule has 23 heavy (non-hydrogen) atoms. The monoisotopic (exact) mass is 315 g/mol. The van der Waals surface area contributed by atoms with Gasteiger partial charge < -0.3 is 5.32 Å². The van der Waals surface area contributed by atoms with Crippen LogP contribution in [-0.2, 0) is 4.79 Å². The maximum atomic E-state index is 12.5. The highest BCUT2D eigenvalue weighted by Crippen LogP contribution is 2.40. The van der Waals surface area contributed by atoms with E-state index in [1.165, 1.54) is 44.9 Å². The Morgan fingerprint density at radius 3 is 2.57 bits per heavy atom. The summed E-state index contributed by atoms with van der Waals surface area (Å²) >= 11 is 0. The molecule has 1 N–H and O–H groups in total. The molecule has 2 aliphatic rings. The molecule has 1 saturated carbocycles. The van der Waals surface area contributed by atoms with Crippen molar-refractivity contribution >= 4 is 5.91 Å². The lowest BCUT2D eigenvalue weighted by Gasteiger charge is -2.25. The summed E-state index contributed by atoms with van der Waals surface area (Å²) < 4.78 is 0. The van der Waals surface area contributed by atoms with Crippen LogP contribution in [0.2, 0.25) is 0 Å². The third-order valence-electron chi connectivity index (χ3n) is 4.95. The summed E-state index contributed by atoms with van der Waals surface area (Å²) in [4.78, 5) is 19.5. The molecule has 1 atom stereocenters. The molecule has 1 aromatic heterocycles. The Morgan fingerprint density at radius 1 is 1.22 bits per heavy atom. The van der Waals surface area contributed by atoms with Crippen LogP contribution in [0.4, 0.5) is 0 Å². The van der Waals surface area contributed by atoms with Crippen LogP contribution >= 0.6 is 0 Å². The first-order chi connectivity index (χ1) is 11.2. The minimum atomic E-state index is 0.0946. The number of hydrogen-bond acceptors (Lipinski definition) is 3. The summed E-state index contributed by atoms with van der Waals surface area (Å²) in [5.74, 6) is 0.728. The Bertz CT molecular complexity index is 519. The van der Waals surface area contributed by atoms with E-state index in [9.17, 15) is 4.79 Å². The summed E-state index contributed by atoms with van der Waals surface area (Å²) in [6, 6.07) is 6.19. The first-order valence-electron chi connectivity index (χ1n) is 9.17. The lowest BCUT2D eigenvalue weighted by molar-refractivity contribution is -0.123. The summed E-state index contributed by atoms with van der Waals surface area (Å²) in [6.45, 7) is 4.67. The van der Waals surface area contributed by atoms with Crippen LogP contribution < -0.4 is 5.32 Å². The zero-order chi connectivity index (χ0) is 16.1. The van der Waals surface area contributed by atoms with Crippen molar-refractivity contribution < 1.29 is 4.79 Å². The fourth-order valence-electron chi connectivity index (χ4n) is 3.49. The zero-order valence-electron chi connectivity index (χ0n) is 14.3. The van der Waals surface area contributed by atoms with Gasteiger partial charge in [0.15, 0.2) is 0 Å². The van der Waals surface area contributed by atoms with Crippen molar-refractivity contribution in [3.8, 4) is 0 Å². The summed E-state index contributed by atoms with van der Waals surface area (Å²) in [7, 11) is 0. The van der Waals surface area contributed by atoms with Gasteiger partial charge in [0, 0.05) is 5.69 Å². The van der Waals surface area contributed by atoms with Crippen LogP contribution in [0, 0.1) is 12.8 Å². The van der Waals surface area contributed by atoms with E-state index in [0.717, 1.165) is 24.5 Å². The maximum Gasteiger partial charge on any atom is 0.234 e. The minimum Gasteiger partial charge on any atom is -0.346 e. The molecular formula is C19H29N3O. The van der Waals surface area contributed by atoms with Gasteiger partial charge in [-0.2, -0.15) is 0 Å².